The highest BCUT2D eigenvalue weighted by Gasteiger charge is 2.64. The second kappa shape index (κ2) is 26.8. The summed E-state index contributed by atoms with van der Waals surface area (Å²) >= 11 is 12.5. The van der Waals surface area contributed by atoms with Gasteiger partial charge in [0, 0.05) is 52.6 Å². The Morgan fingerprint density at radius 3 is 1.87 bits per heavy atom. The number of carbonyl (C=O) groups excluding carboxylic acids is 2. The Morgan fingerprint density at radius 2 is 1.32 bits per heavy atom. The minimum absolute atomic E-state index is 0.0498. The summed E-state index contributed by atoms with van der Waals surface area (Å²) in [6.45, 7) is 19.7. The van der Waals surface area contributed by atoms with Crippen LogP contribution in [0.4, 0.5) is 8.78 Å². The van der Waals surface area contributed by atoms with Crippen molar-refractivity contribution in [1.82, 2.24) is 16.0 Å². The molecule has 4 aromatic carbocycles. The molecule has 6 rings (SSSR count). The smallest absolute Gasteiger partial charge is 0.251 e. The van der Waals surface area contributed by atoms with E-state index in [4.69, 9.17) is 56.4 Å². The molecule has 0 spiro atoms. The first-order valence-electron chi connectivity index (χ1n) is 25.6. The number of amides is 2. The molecule has 4 aromatic rings. The van der Waals surface area contributed by atoms with Crippen LogP contribution in [0.5, 0.6) is 11.5 Å². The lowest BCUT2D eigenvalue weighted by Gasteiger charge is -2.63. The SMILES string of the molecule is Cc1ccc([C@@]2(C#N)[C@H](CC(C)(C)C)NC(C(=O)NCCOCCOCCOCCOCCOCCOc3ccc(C(=O)N[C@H]4C(C)(C)[C@H](Oc5ccc(C#N)c(Cl)c5)C4(C)C)cc3)[C@@H]2c2cccc(Cl)c2F)c(F)c1. The zero-order valence-corrected chi connectivity index (χ0v) is 46.2. The molecular formula is C58H71Cl2F2N5O9. The van der Waals surface area contributed by atoms with E-state index < -0.39 is 41.0 Å². The highest BCUT2D eigenvalue weighted by atomic mass is 35.5. The first-order chi connectivity index (χ1) is 36.1. The summed E-state index contributed by atoms with van der Waals surface area (Å²) in [4.78, 5) is 27.3. The fourth-order valence-corrected chi connectivity index (χ4v) is 11.2. The van der Waals surface area contributed by atoms with Gasteiger partial charge in [-0.1, -0.05) is 95.9 Å². The zero-order chi connectivity index (χ0) is 55.3. The third kappa shape index (κ3) is 14.6. The molecule has 1 unspecified atom stereocenters. The van der Waals surface area contributed by atoms with Crippen molar-refractivity contribution in [2.75, 3.05) is 79.2 Å². The van der Waals surface area contributed by atoms with Crippen molar-refractivity contribution < 1.29 is 51.5 Å². The molecule has 2 aliphatic rings. The maximum Gasteiger partial charge on any atom is 0.251 e. The quantitative estimate of drug-likeness (QED) is 0.0482. The first kappa shape index (κ1) is 59.8. The van der Waals surface area contributed by atoms with E-state index in [1.54, 1.807) is 67.6 Å². The van der Waals surface area contributed by atoms with Gasteiger partial charge in [-0.25, -0.2) is 8.78 Å². The molecule has 3 N–H and O–H groups in total. The van der Waals surface area contributed by atoms with Crippen molar-refractivity contribution >= 4 is 35.0 Å². The Balaban J connectivity index is 0.800. The molecule has 1 aliphatic carbocycles. The van der Waals surface area contributed by atoms with Gasteiger partial charge in [0.1, 0.15) is 47.3 Å². The predicted molar refractivity (Wildman–Crippen MR) is 286 cm³/mol. The number of nitrogens with one attached hydrogen (secondary N) is 3. The fraction of sp³-hybridized carbons (Fsp3) is 0.517. The Labute approximate surface area is 455 Å². The molecule has 1 saturated carbocycles. The van der Waals surface area contributed by atoms with Crippen molar-refractivity contribution in [1.29, 1.82) is 10.5 Å². The van der Waals surface area contributed by atoms with Crippen LogP contribution < -0.4 is 25.4 Å². The Bertz CT molecular complexity index is 2680. The predicted octanol–water partition coefficient (Wildman–Crippen LogP) is 9.66. The summed E-state index contributed by atoms with van der Waals surface area (Å²) in [5, 5.41) is 29.8. The summed E-state index contributed by atoms with van der Waals surface area (Å²) in [5.41, 5.74) is -1.09. The van der Waals surface area contributed by atoms with Gasteiger partial charge < -0.3 is 49.1 Å². The van der Waals surface area contributed by atoms with Crippen molar-refractivity contribution in [3.05, 3.63) is 128 Å². The minimum atomic E-state index is -1.66. The van der Waals surface area contributed by atoms with Crippen LogP contribution in [0.15, 0.2) is 78.9 Å². The van der Waals surface area contributed by atoms with Crippen LogP contribution in [0.1, 0.15) is 93.4 Å². The van der Waals surface area contributed by atoms with Crippen molar-refractivity contribution in [3.63, 3.8) is 0 Å². The maximum atomic E-state index is 16.0. The van der Waals surface area contributed by atoms with Gasteiger partial charge in [0.2, 0.25) is 5.91 Å². The molecule has 4 atom stereocenters. The number of benzene rings is 4. The lowest BCUT2D eigenvalue weighted by atomic mass is 9.49. The van der Waals surface area contributed by atoms with Gasteiger partial charge in [0.15, 0.2) is 0 Å². The summed E-state index contributed by atoms with van der Waals surface area (Å²) in [6.07, 6.45) is 0.176. The van der Waals surface area contributed by atoms with Crippen LogP contribution in [0, 0.1) is 57.5 Å². The first-order valence-corrected chi connectivity index (χ1v) is 26.4. The Kier molecular flexibility index (Phi) is 21.1. The molecule has 0 bridgehead atoms. The average Bonchev–Trinajstić information content (AvgIpc) is 3.83. The van der Waals surface area contributed by atoms with Gasteiger partial charge in [-0.2, -0.15) is 10.5 Å². The lowest BCUT2D eigenvalue weighted by Crippen LogP contribution is -2.74. The normalized spacial score (nSPS) is 21.5. The number of nitriles is 2. The van der Waals surface area contributed by atoms with E-state index in [0.717, 1.165) is 0 Å². The van der Waals surface area contributed by atoms with Gasteiger partial charge in [0.25, 0.3) is 5.91 Å². The van der Waals surface area contributed by atoms with Crippen LogP contribution >= 0.6 is 23.2 Å². The standard InChI is InChI=1S/C58H71Cl2F2N5O9/c1-37-12-19-43(46(61)32-37)58(36-64)47(34-55(2,3)4)66-50(48(58)42-10-9-11-44(59)49(42)62)52(69)65-20-21-70-22-23-71-24-25-72-26-27-73-28-29-74-30-31-75-40-16-13-38(14-17-40)51(68)67-53-56(5,6)54(57(53,7)8)76-41-18-15-39(35-63)45(60)33-41/h9-19,32-33,47-48,50,53-54,66H,20-31,34H2,1-8H3,(H,65,69)(H,67,68)/t47-,48-,50?,53-,54-,58-/m0/s1. The molecule has 14 nitrogen and oxygen atoms in total. The third-order valence-corrected chi connectivity index (χ3v) is 14.6. The van der Waals surface area contributed by atoms with Gasteiger partial charge >= 0.3 is 0 Å². The molecule has 1 aliphatic heterocycles. The number of hydrogen-bond donors (Lipinski definition) is 3. The fourth-order valence-electron chi connectivity index (χ4n) is 10.8. The van der Waals surface area contributed by atoms with Gasteiger partial charge in [-0.15, -0.1) is 0 Å². The second-order valence-corrected chi connectivity index (χ2v) is 22.4. The molecule has 0 radical (unpaired) electrons. The van der Waals surface area contributed by atoms with E-state index in [2.05, 4.69) is 55.8 Å². The van der Waals surface area contributed by atoms with Crippen LogP contribution in [0.2, 0.25) is 10.0 Å². The lowest BCUT2D eigenvalue weighted by molar-refractivity contribution is -0.164. The number of nitrogens with zero attached hydrogens (tertiary/aromatic N) is 2. The molecule has 410 valence electrons. The van der Waals surface area contributed by atoms with Crippen molar-refractivity contribution in [2.24, 2.45) is 16.2 Å². The molecule has 1 heterocycles. The molecular weight excluding hydrogens is 1020 g/mol. The van der Waals surface area contributed by atoms with Crippen molar-refractivity contribution in [3.8, 4) is 23.6 Å². The Hall–Kier alpha value is -5.40. The largest absolute Gasteiger partial charge is 0.491 e. The van der Waals surface area contributed by atoms with Crippen LogP contribution in [0.3, 0.4) is 0 Å². The van der Waals surface area contributed by atoms with Crippen LogP contribution in [0.25, 0.3) is 0 Å². The summed E-state index contributed by atoms with van der Waals surface area (Å²) in [5.74, 6) is -1.98. The van der Waals surface area contributed by atoms with Crippen molar-refractivity contribution in [2.45, 2.75) is 97.4 Å². The molecule has 76 heavy (non-hydrogen) atoms. The van der Waals surface area contributed by atoms with E-state index in [0.29, 0.717) is 99.1 Å². The third-order valence-electron chi connectivity index (χ3n) is 14.0. The molecule has 2 fully saturated rings. The number of ether oxygens (including phenoxy) is 7. The number of aryl methyl sites for hydroxylation is 1. The van der Waals surface area contributed by atoms with Gasteiger partial charge in [-0.05, 0) is 78.4 Å². The maximum absolute atomic E-state index is 16.0. The van der Waals surface area contributed by atoms with Gasteiger partial charge in [0.05, 0.1) is 93.8 Å². The van der Waals surface area contributed by atoms with E-state index in [9.17, 15) is 20.1 Å². The zero-order valence-electron chi connectivity index (χ0n) is 44.7. The van der Waals surface area contributed by atoms with E-state index in [-0.39, 0.29) is 70.2 Å². The average molecular weight is 1090 g/mol. The summed E-state index contributed by atoms with van der Waals surface area (Å²) in [7, 11) is 0. The van der Waals surface area contributed by atoms with Crippen LogP contribution in [-0.2, 0) is 33.9 Å². The van der Waals surface area contributed by atoms with Crippen LogP contribution in [-0.4, -0.2) is 115 Å². The topological polar surface area (TPSA) is 182 Å². The second-order valence-electron chi connectivity index (χ2n) is 21.6. The molecule has 0 aromatic heterocycles. The number of rotatable bonds is 27. The highest BCUT2D eigenvalue weighted by Crippen LogP contribution is 2.56. The molecule has 2 amide bonds. The minimum Gasteiger partial charge on any atom is -0.491 e. The highest BCUT2D eigenvalue weighted by molar-refractivity contribution is 6.32. The number of hydrogen-bond acceptors (Lipinski definition) is 12. The van der Waals surface area contributed by atoms with Gasteiger partial charge in [-0.3, -0.25) is 9.59 Å². The summed E-state index contributed by atoms with van der Waals surface area (Å²) in [6, 6.07) is 23.5. The van der Waals surface area contributed by atoms with E-state index >= 15 is 8.78 Å². The Morgan fingerprint density at radius 1 is 0.737 bits per heavy atom. The number of halogens is 4. The monoisotopic (exact) mass is 1090 g/mol. The summed E-state index contributed by atoms with van der Waals surface area (Å²) < 4.78 is 72.1. The number of carbonyl (C=O) groups is 2. The molecule has 18 heteroatoms. The molecule has 1 saturated heterocycles. The van der Waals surface area contributed by atoms with E-state index in [1.807, 2.05) is 20.8 Å². The van der Waals surface area contributed by atoms with E-state index in [1.165, 1.54) is 18.2 Å².